The van der Waals surface area contributed by atoms with Crippen LogP contribution in [-0.4, -0.2) is 5.71 Å². The van der Waals surface area contributed by atoms with Gasteiger partial charge in [-0.2, -0.15) is 0 Å². The molecule has 0 aromatic carbocycles. The van der Waals surface area contributed by atoms with Crippen molar-refractivity contribution in [2.45, 2.75) is 58.3 Å². The summed E-state index contributed by atoms with van der Waals surface area (Å²) in [6.07, 6.45) is 11.5. The molecule has 0 unspecified atom stereocenters. The zero-order valence-electron chi connectivity index (χ0n) is 9.23. The zero-order chi connectivity index (χ0) is 9.81. The number of hydrogen-bond donors (Lipinski definition) is 1. The average molecular weight is 191 g/mol. The summed E-state index contributed by atoms with van der Waals surface area (Å²) < 4.78 is 0. The van der Waals surface area contributed by atoms with E-state index in [2.05, 4.69) is 0 Å². The van der Waals surface area contributed by atoms with Gasteiger partial charge in [0.1, 0.15) is 0 Å². The summed E-state index contributed by atoms with van der Waals surface area (Å²) >= 11 is 0. The first-order valence-electron chi connectivity index (χ1n) is 6.23. The molecule has 4 aliphatic carbocycles. The molecule has 1 N–H and O–H groups in total. The molecule has 0 aromatic rings. The Morgan fingerprint density at radius 3 is 2.14 bits per heavy atom. The van der Waals surface area contributed by atoms with Gasteiger partial charge in [0.2, 0.25) is 0 Å². The topological polar surface area (TPSA) is 23.9 Å². The van der Waals surface area contributed by atoms with E-state index in [1.54, 1.807) is 0 Å². The molecule has 1 nitrogen and oxygen atoms in total. The van der Waals surface area contributed by atoms with E-state index in [1.807, 2.05) is 6.92 Å². The smallest absolute Gasteiger partial charge is 0.0121 e. The van der Waals surface area contributed by atoms with Gasteiger partial charge in [0.05, 0.1) is 0 Å². The van der Waals surface area contributed by atoms with Gasteiger partial charge in [0.25, 0.3) is 0 Å². The molecule has 0 aliphatic heterocycles. The van der Waals surface area contributed by atoms with E-state index < -0.39 is 0 Å². The molecule has 2 bridgehead atoms. The van der Waals surface area contributed by atoms with Crippen molar-refractivity contribution in [1.29, 1.82) is 5.41 Å². The van der Waals surface area contributed by atoms with Crippen molar-refractivity contribution in [3.05, 3.63) is 0 Å². The van der Waals surface area contributed by atoms with Gasteiger partial charge in [0, 0.05) is 11.1 Å². The molecule has 0 radical (unpaired) electrons. The standard InChI is InChI=1S/C13H21N/c1-10(14)12-7-13(8-12,9-12)11-5-3-2-4-6-11/h11,14H,2-9H2,1H3. The van der Waals surface area contributed by atoms with Gasteiger partial charge >= 0.3 is 0 Å². The van der Waals surface area contributed by atoms with Crippen LogP contribution in [0.4, 0.5) is 0 Å². The Labute approximate surface area is 86.8 Å². The summed E-state index contributed by atoms with van der Waals surface area (Å²) in [6, 6.07) is 0. The van der Waals surface area contributed by atoms with Gasteiger partial charge in [-0.1, -0.05) is 19.3 Å². The van der Waals surface area contributed by atoms with Crippen LogP contribution in [0, 0.1) is 22.2 Å². The minimum atomic E-state index is 0.414. The monoisotopic (exact) mass is 191 g/mol. The molecular formula is C13H21N. The van der Waals surface area contributed by atoms with Gasteiger partial charge in [-0.3, -0.25) is 0 Å². The Balaban J connectivity index is 1.65. The molecule has 4 saturated carbocycles. The van der Waals surface area contributed by atoms with E-state index in [1.165, 1.54) is 51.4 Å². The maximum Gasteiger partial charge on any atom is 0.0121 e. The summed E-state index contributed by atoms with van der Waals surface area (Å²) in [5, 5.41) is 7.79. The first-order valence-corrected chi connectivity index (χ1v) is 6.23. The summed E-state index contributed by atoms with van der Waals surface area (Å²) in [7, 11) is 0. The lowest BCUT2D eigenvalue weighted by Gasteiger charge is -2.74. The molecule has 14 heavy (non-hydrogen) atoms. The minimum absolute atomic E-state index is 0.414. The second-order valence-corrected chi connectivity index (χ2v) is 6.13. The fourth-order valence-corrected chi connectivity index (χ4v) is 4.41. The van der Waals surface area contributed by atoms with Crippen LogP contribution in [0.15, 0.2) is 0 Å². The van der Waals surface area contributed by atoms with Crippen molar-refractivity contribution >= 4 is 5.71 Å². The number of hydrogen-bond acceptors (Lipinski definition) is 1. The molecule has 4 fully saturated rings. The Bertz CT molecular complexity index is 253. The predicted molar refractivity (Wildman–Crippen MR) is 58.7 cm³/mol. The maximum atomic E-state index is 7.79. The summed E-state index contributed by atoms with van der Waals surface area (Å²) in [5.74, 6) is 1.04. The van der Waals surface area contributed by atoms with Crippen LogP contribution in [0.5, 0.6) is 0 Å². The lowest BCUT2D eigenvalue weighted by molar-refractivity contribution is -0.199. The molecule has 1 heteroatoms. The fraction of sp³-hybridized carbons (Fsp3) is 0.923. The van der Waals surface area contributed by atoms with Crippen molar-refractivity contribution < 1.29 is 0 Å². The highest BCUT2D eigenvalue weighted by molar-refractivity contribution is 5.88. The average Bonchev–Trinajstić information content (AvgIpc) is 2.00. The fourth-order valence-electron chi connectivity index (χ4n) is 4.41. The normalized spacial score (nSPS) is 46.6. The van der Waals surface area contributed by atoms with Crippen LogP contribution in [-0.2, 0) is 0 Å². The summed E-state index contributed by atoms with van der Waals surface area (Å²) in [6.45, 7) is 2.02. The predicted octanol–water partition coefficient (Wildman–Crippen LogP) is 3.78. The molecule has 78 valence electrons. The lowest BCUT2D eigenvalue weighted by atomic mass is 9.30. The van der Waals surface area contributed by atoms with Gasteiger partial charge in [-0.25, -0.2) is 0 Å². The van der Waals surface area contributed by atoms with Gasteiger partial charge in [-0.15, -0.1) is 0 Å². The van der Waals surface area contributed by atoms with Crippen molar-refractivity contribution in [3.8, 4) is 0 Å². The van der Waals surface area contributed by atoms with Crippen LogP contribution in [0.3, 0.4) is 0 Å². The largest absolute Gasteiger partial charge is 0.309 e. The van der Waals surface area contributed by atoms with Crippen molar-refractivity contribution in [1.82, 2.24) is 0 Å². The molecule has 0 heterocycles. The maximum absolute atomic E-state index is 7.79. The molecule has 0 aromatic heterocycles. The van der Waals surface area contributed by atoms with Crippen molar-refractivity contribution in [3.63, 3.8) is 0 Å². The van der Waals surface area contributed by atoms with Gasteiger partial charge in [0.15, 0.2) is 0 Å². The highest BCUT2D eigenvalue weighted by Crippen LogP contribution is 2.77. The molecule has 4 rings (SSSR count). The third kappa shape index (κ3) is 0.936. The zero-order valence-corrected chi connectivity index (χ0v) is 9.23. The summed E-state index contributed by atoms with van der Waals surface area (Å²) in [5.41, 5.74) is 2.12. The number of nitrogens with one attached hydrogen (secondary N) is 1. The lowest BCUT2D eigenvalue weighted by Crippen LogP contribution is -2.67. The Morgan fingerprint density at radius 2 is 1.64 bits per heavy atom. The van der Waals surface area contributed by atoms with Crippen LogP contribution >= 0.6 is 0 Å². The Morgan fingerprint density at radius 1 is 1.07 bits per heavy atom. The van der Waals surface area contributed by atoms with Crippen LogP contribution in [0.25, 0.3) is 0 Å². The quantitative estimate of drug-likeness (QED) is 0.642. The third-order valence-electron chi connectivity index (χ3n) is 5.34. The first-order chi connectivity index (χ1) is 6.67. The van der Waals surface area contributed by atoms with Crippen LogP contribution in [0.1, 0.15) is 58.3 Å². The van der Waals surface area contributed by atoms with E-state index in [4.69, 9.17) is 5.41 Å². The van der Waals surface area contributed by atoms with E-state index >= 15 is 0 Å². The number of rotatable bonds is 2. The minimum Gasteiger partial charge on any atom is -0.309 e. The molecule has 0 amide bonds. The van der Waals surface area contributed by atoms with Gasteiger partial charge in [-0.05, 0) is 50.4 Å². The molecular weight excluding hydrogens is 170 g/mol. The van der Waals surface area contributed by atoms with Crippen molar-refractivity contribution in [2.75, 3.05) is 0 Å². The molecule has 4 aliphatic rings. The second kappa shape index (κ2) is 2.62. The summed E-state index contributed by atoms with van der Waals surface area (Å²) in [4.78, 5) is 0. The molecule has 0 atom stereocenters. The Hall–Kier alpha value is -0.330. The molecule has 0 saturated heterocycles. The molecule has 0 spiro atoms. The van der Waals surface area contributed by atoms with E-state index in [9.17, 15) is 0 Å². The van der Waals surface area contributed by atoms with Gasteiger partial charge < -0.3 is 5.41 Å². The second-order valence-electron chi connectivity index (χ2n) is 6.13. The van der Waals surface area contributed by atoms with Crippen molar-refractivity contribution in [2.24, 2.45) is 16.7 Å². The highest BCUT2D eigenvalue weighted by Gasteiger charge is 2.70. The first kappa shape index (κ1) is 8.94. The SMILES string of the molecule is CC(=N)C12CC(C3CCCCC3)(C1)C2. The van der Waals surface area contributed by atoms with Crippen LogP contribution in [0.2, 0.25) is 0 Å². The third-order valence-corrected chi connectivity index (χ3v) is 5.34. The van der Waals surface area contributed by atoms with E-state index in [-0.39, 0.29) is 0 Å². The Kier molecular flexibility index (Phi) is 1.67. The highest BCUT2D eigenvalue weighted by atomic mass is 14.8. The van der Waals surface area contributed by atoms with Crippen LogP contribution < -0.4 is 0 Å². The van der Waals surface area contributed by atoms with E-state index in [0.717, 1.165) is 17.0 Å². The van der Waals surface area contributed by atoms with E-state index in [0.29, 0.717) is 5.41 Å².